The minimum Gasteiger partial charge on any atom is -0.352 e. The molecule has 2 aromatic rings. The zero-order chi connectivity index (χ0) is 19.5. The summed E-state index contributed by atoms with van der Waals surface area (Å²) in [7, 11) is -0.734. The normalized spacial score (nSPS) is 11.6. The summed E-state index contributed by atoms with van der Waals surface area (Å²) in [4.78, 5) is 12.5. The van der Waals surface area contributed by atoms with Crippen LogP contribution in [0.1, 0.15) is 27.0 Å². The Morgan fingerprint density at radius 2 is 1.85 bits per heavy atom. The predicted molar refractivity (Wildman–Crippen MR) is 99.2 cm³/mol. The second-order valence-corrected chi connectivity index (χ2v) is 8.46. The van der Waals surface area contributed by atoms with E-state index < -0.39 is 10.0 Å². The molecule has 0 heterocycles. The third kappa shape index (κ3) is 4.47. The van der Waals surface area contributed by atoms with E-state index in [2.05, 4.69) is 5.32 Å². The minimum atomic E-state index is -3.64. The van der Waals surface area contributed by atoms with E-state index in [1.54, 1.807) is 32.0 Å². The Balaban J connectivity index is 2.17. The van der Waals surface area contributed by atoms with Gasteiger partial charge in [0.05, 0.1) is 4.90 Å². The lowest BCUT2D eigenvalue weighted by atomic mass is 10.1. The third-order valence-electron chi connectivity index (χ3n) is 4.23. The van der Waals surface area contributed by atoms with Crippen LogP contribution in [0.4, 0.5) is 4.39 Å². The Kier molecular flexibility index (Phi) is 6.15. The number of hydrogen-bond donors (Lipinski definition) is 1. The highest BCUT2D eigenvalue weighted by molar-refractivity contribution is 7.89. The number of nitrogens with one attached hydrogen (secondary N) is 1. The summed E-state index contributed by atoms with van der Waals surface area (Å²) >= 11 is 0. The fourth-order valence-electron chi connectivity index (χ4n) is 2.54. The van der Waals surface area contributed by atoms with Gasteiger partial charge in [0.2, 0.25) is 10.0 Å². The SMILES string of the molecule is Cc1cc(C(=O)NCCc2cccc(F)c2)cc(S(=O)(=O)N(C)C)c1C. The van der Waals surface area contributed by atoms with Gasteiger partial charge in [0, 0.05) is 26.2 Å². The van der Waals surface area contributed by atoms with Crippen LogP contribution < -0.4 is 5.32 Å². The van der Waals surface area contributed by atoms with Gasteiger partial charge in [-0.3, -0.25) is 4.79 Å². The van der Waals surface area contributed by atoms with Gasteiger partial charge < -0.3 is 5.32 Å². The molecule has 0 aromatic heterocycles. The highest BCUT2D eigenvalue weighted by Crippen LogP contribution is 2.23. The topological polar surface area (TPSA) is 66.5 Å². The van der Waals surface area contributed by atoms with Crippen molar-refractivity contribution in [3.8, 4) is 0 Å². The Morgan fingerprint density at radius 3 is 2.46 bits per heavy atom. The number of carbonyl (C=O) groups excluding carboxylic acids is 1. The minimum absolute atomic E-state index is 0.123. The first-order chi connectivity index (χ1) is 12.1. The van der Waals surface area contributed by atoms with Crippen LogP contribution in [-0.4, -0.2) is 39.3 Å². The van der Waals surface area contributed by atoms with Crippen LogP contribution in [0.2, 0.25) is 0 Å². The van der Waals surface area contributed by atoms with Crippen molar-refractivity contribution in [2.45, 2.75) is 25.2 Å². The van der Waals surface area contributed by atoms with Gasteiger partial charge in [0.15, 0.2) is 0 Å². The zero-order valence-electron chi connectivity index (χ0n) is 15.3. The molecule has 0 unspecified atom stereocenters. The van der Waals surface area contributed by atoms with E-state index in [4.69, 9.17) is 0 Å². The molecule has 5 nitrogen and oxygen atoms in total. The van der Waals surface area contributed by atoms with Crippen molar-refractivity contribution in [2.24, 2.45) is 0 Å². The zero-order valence-corrected chi connectivity index (χ0v) is 16.2. The van der Waals surface area contributed by atoms with Crippen LogP contribution in [-0.2, 0) is 16.4 Å². The van der Waals surface area contributed by atoms with Gasteiger partial charge in [-0.15, -0.1) is 0 Å². The van der Waals surface area contributed by atoms with Crippen LogP contribution in [0.5, 0.6) is 0 Å². The molecule has 0 spiro atoms. The van der Waals surface area contributed by atoms with E-state index in [0.717, 1.165) is 15.4 Å². The van der Waals surface area contributed by atoms with E-state index in [-0.39, 0.29) is 22.2 Å². The molecule has 0 atom stereocenters. The molecule has 0 saturated carbocycles. The summed E-state index contributed by atoms with van der Waals surface area (Å²) < 4.78 is 39.2. The molecule has 0 bridgehead atoms. The van der Waals surface area contributed by atoms with Gasteiger partial charge in [0.25, 0.3) is 5.91 Å². The Labute approximate surface area is 153 Å². The molecule has 140 valence electrons. The number of carbonyl (C=O) groups is 1. The molecule has 2 rings (SSSR count). The first-order valence-electron chi connectivity index (χ1n) is 8.19. The largest absolute Gasteiger partial charge is 0.352 e. The lowest BCUT2D eigenvalue weighted by Crippen LogP contribution is -2.27. The van der Waals surface area contributed by atoms with Crippen LogP contribution in [0.3, 0.4) is 0 Å². The molecule has 0 saturated heterocycles. The first-order valence-corrected chi connectivity index (χ1v) is 9.63. The van der Waals surface area contributed by atoms with Gasteiger partial charge >= 0.3 is 0 Å². The number of benzene rings is 2. The molecular weight excluding hydrogens is 355 g/mol. The fraction of sp³-hybridized carbons (Fsp3) is 0.316. The number of sulfonamides is 1. The van der Waals surface area contributed by atoms with Crippen LogP contribution in [0.25, 0.3) is 0 Å². The molecule has 0 radical (unpaired) electrons. The fourth-order valence-corrected chi connectivity index (χ4v) is 3.75. The summed E-state index contributed by atoms with van der Waals surface area (Å²) in [5, 5.41) is 2.75. The molecule has 26 heavy (non-hydrogen) atoms. The molecule has 0 aliphatic heterocycles. The molecule has 1 amide bonds. The van der Waals surface area contributed by atoms with E-state index in [1.165, 1.54) is 32.3 Å². The molecule has 0 aliphatic rings. The summed E-state index contributed by atoms with van der Waals surface area (Å²) in [5.41, 5.74) is 2.41. The second-order valence-electron chi connectivity index (χ2n) is 6.34. The summed E-state index contributed by atoms with van der Waals surface area (Å²) in [6.45, 7) is 3.82. The lowest BCUT2D eigenvalue weighted by molar-refractivity contribution is 0.0954. The average molecular weight is 378 g/mol. The maximum absolute atomic E-state index is 13.2. The van der Waals surface area contributed by atoms with E-state index >= 15 is 0 Å². The monoisotopic (exact) mass is 378 g/mol. The van der Waals surface area contributed by atoms with Crippen LogP contribution >= 0.6 is 0 Å². The van der Waals surface area contributed by atoms with Gasteiger partial charge in [0.1, 0.15) is 5.82 Å². The quantitative estimate of drug-likeness (QED) is 0.840. The molecule has 7 heteroatoms. The molecule has 2 aromatic carbocycles. The number of rotatable bonds is 6. The maximum atomic E-state index is 13.2. The Bertz CT molecular complexity index is 924. The lowest BCUT2D eigenvalue weighted by Gasteiger charge is -2.16. The van der Waals surface area contributed by atoms with Crippen LogP contribution in [0, 0.1) is 19.7 Å². The smallest absolute Gasteiger partial charge is 0.251 e. The molecule has 1 N–H and O–H groups in total. The predicted octanol–water partition coefficient (Wildman–Crippen LogP) is 2.67. The van der Waals surface area contributed by atoms with E-state index in [1.807, 2.05) is 0 Å². The molecule has 0 aliphatic carbocycles. The van der Waals surface area contributed by atoms with Crippen molar-refractivity contribution in [3.05, 3.63) is 64.5 Å². The first kappa shape index (κ1) is 20.1. The highest BCUT2D eigenvalue weighted by Gasteiger charge is 2.22. The van der Waals surface area contributed by atoms with Gasteiger partial charge in [-0.2, -0.15) is 0 Å². The van der Waals surface area contributed by atoms with Gasteiger partial charge in [-0.25, -0.2) is 17.1 Å². The van der Waals surface area contributed by atoms with Crippen LogP contribution in [0.15, 0.2) is 41.3 Å². The van der Waals surface area contributed by atoms with Crippen molar-refractivity contribution in [3.63, 3.8) is 0 Å². The van der Waals surface area contributed by atoms with Crippen molar-refractivity contribution in [2.75, 3.05) is 20.6 Å². The van der Waals surface area contributed by atoms with Gasteiger partial charge in [-0.1, -0.05) is 12.1 Å². The van der Waals surface area contributed by atoms with Gasteiger partial charge in [-0.05, 0) is 61.2 Å². The standard InChI is InChI=1S/C19H23FN2O3S/c1-13-10-16(12-18(14(13)2)26(24,25)22(3)4)19(23)21-9-8-15-6-5-7-17(20)11-15/h5-7,10-12H,8-9H2,1-4H3,(H,21,23). The summed E-state index contributed by atoms with van der Waals surface area (Å²) in [6, 6.07) is 9.26. The van der Waals surface area contributed by atoms with E-state index in [0.29, 0.717) is 18.5 Å². The molecule has 0 fully saturated rings. The number of aryl methyl sites for hydroxylation is 1. The Morgan fingerprint density at radius 1 is 1.15 bits per heavy atom. The van der Waals surface area contributed by atoms with Crippen molar-refractivity contribution in [1.29, 1.82) is 0 Å². The number of nitrogens with zero attached hydrogens (tertiary/aromatic N) is 1. The van der Waals surface area contributed by atoms with Crippen molar-refractivity contribution >= 4 is 15.9 Å². The number of halogens is 1. The number of hydrogen-bond acceptors (Lipinski definition) is 3. The molecular formula is C19H23FN2O3S. The summed E-state index contributed by atoms with van der Waals surface area (Å²) in [5.74, 6) is -0.679. The van der Waals surface area contributed by atoms with E-state index in [9.17, 15) is 17.6 Å². The Hall–Kier alpha value is -2.25. The second kappa shape index (κ2) is 7.97. The maximum Gasteiger partial charge on any atom is 0.251 e. The van der Waals surface area contributed by atoms with Crippen molar-refractivity contribution in [1.82, 2.24) is 9.62 Å². The average Bonchev–Trinajstić information content (AvgIpc) is 2.56. The summed E-state index contributed by atoms with van der Waals surface area (Å²) in [6.07, 6.45) is 0.483. The number of amides is 1. The van der Waals surface area contributed by atoms with Crippen molar-refractivity contribution < 1.29 is 17.6 Å². The highest BCUT2D eigenvalue weighted by atomic mass is 32.2. The third-order valence-corrected chi connectivity index (χ3v) is 6.17.